The highest BCUT2D eigenvalue weighted by molar-refractivity contribution is 5.06. The molecule has 0 spiro atoms. The van der Waals surface area contributed by atoms with E-state index in [2.05, 4.69) is 13.0 Å². The van der Waals surface area contributed by atoms with Crippen LogP contribution < -0.4 is 0 Å². The van der Waals surface area contributed by atoms with Crippen molar-refractivity contribution in [2.45, 2.75) is 90.1 Å². The van der Waals surface area contributed by atoms with Crippen LogP contribution in [-0.2, 0) is 4.74 Å². The minimum absolute atomic E-state index is 0.0207. The molecule has 130 valence electrons. The van der Waals surface area contributed by atoms with Crippen molar-refractivity contribution in [2.75, 3.05) is 7.11 Å². The van der Waals surface area contributed by atoms with Gasteiger partial charge in [-0.3, -0.25) is 0 Å². The SMILES string of the molecule is CCCCC[C@@]1(C#N)CCC2C(CCC3C[C@@H](OC)CCC32)C1. The van der Waals surface area contributed by atoms with Crippen LogP contribution in [0.15, 0.2) is 0 Å². The molecule has 0 N–H and O–H groups in total. The minimum Gasteiger partial charge on any atom is -0.381 e. The molecule has 0 saturated heterocycles. The summed E-state index contributed by atoms with van der Waals surface area (Å²) in [5.74, 6) is 3.60. The fourth-order valence-corrected chi connectivity index (χ4v) is 6.19. The van der Waals surface area contributed by atoms with Crippen LogP contribution >= 0.6 is 0 Å². The van der Waals surface area contributed by atoms with E-state index in [1.807, 2.05) is 7.11 Å². The summed E-state index contributed by atoms with van der Waals surface area (Å²) < 4.78 is 5.64. The van der Waals surface area contributed by atoms with Crippen LogP contribution in [0.4, 0.5) is 0 Å². The molecular weight excluding hydrogens is 282 g/mol. The zero-order chi connectivity index (χ0) is 16.3. The summed E-state index contributed by atoms with van der Waals surface area (Å²) in [4.78, 5) is 0. The highest BCUT2D eigenvalue weighted by atomic mass is 16.5. The maximum Gasteiger partial charge on any atom is 0.0689 e. The van der Waals surface area contributed by atoms with Gasteiger partial charge in [0.15, 0.2) is 0 Å². The predicted molar refractivity (Wildman–Crippen MR) is 93.9 cm³/mol. The Labute approximate surface area is 143 Å². The number of fused-ring (bicyclic) bond motifs is 3. The van der Waals surface area contributed by atoms with Crippen molar-refractivity contribution >= 4 is 0 Å². The third-order valence-electron chi connectivity index (χ3n) is 7.50. The van der Waals surface area contributed by atoms with E-state index < -0.39 is 0 Å². The maximum atomic E-state index is 9.86. The summed E-state index contributed by atoms with van der Waals surface area (Å²) in [7, 11) is 1.88. The van der Waals surface area contributed by atoms with E-state index in [0.717, 1.165) is 30.1 Å². The molecule has 3 rings (SSSR count). The predicted octanol–water partition coefficient (Wildman–Crippen LogP) is 5.72. The number of nitriles is 1. The zero-order valence-electron chi connectivity index (χ0n) is 15.2. The van der Waals surface area contributed by atoms with E-state index >= 15 is 0 Å². The first kappa shape index (κ1) is 17.3. The first-order valence-electron chi connectivity index (χ1n) is 10.2. The van der Waals surface area contributed by atoms with E-state index in [9.17, 15) is 5.26 Å². The molecule has 3 aliphatic rings. The zero-order valence-corrected chi connectivity index (χ0v) is 15.2. The van der Waals surface area contributed by atoms with Gasteiger partial charge in [-0.2, -0.15) is 5.26 Å². The standard InChI is InChI=1S/C21H35NO/c1-3-4-5-11-21(15-22)12-10-20-17(14-21)7-6-16-13-18(23-2)8-9-19(16)20/h16-20H,3-14H2,1-2H3/t16?,17?,18-,19?,20?,21+/m0/s1. The van der Waals surface area contributed by atoms with Crippen LogP contribution in [-0.4, -0.2) is 13.2 Å². The molecule has 3 saturated carbocycles. The van der Waals surface area contributed by atoms with Gasteiger partial charge in [-0.15, -0.1) is 0 Å². The largest absolute Gasteiger partial charge is 0.381 e. The van der Waals surface area contributed by atoms with E-state index in [1.165, 1.54) is 70.6 Å². The Morgan fingerprint density at radius 1 is 1.04 bits per heavy atom. The Balaban J connectivity index is 1.62. The van der Waals surface area contributed by atoms with Crippen molar-refractivity contribution < 1.29 is 4.74 Å². The van der Waals surface area contributed by atoms with Crippen molar-refractivity contribution in [2.24, 2.45) is 29.1 Å². The van der Waals surface area contributed by atoms with Gasteiger partial charge < -0.3 is 4.74 Å². The second-order valence-electron chi connectivity index (χ2n) is 8.69. The molecule has 0 aromatic heterocycles. The summed E-state index contributed by atoms with van der Waals surface area (Å²) >= 11 is 0. The van der Waals surface area contributed by atoms with Gasteiger partial charge in [0.1, 0.15) is 0 Å². The molecule has 0 heterocycles. The van der Waals surface area contributed by atoms with E-state index in [0.29, 0.717) is 6.10 Å². The lowest BCUT2D eigenvalue weighted by atomic mass is 9.53. The second kappa shape index (κ2) is 7.56. The van der Waals surface area contributed by atoms with Crippen LogP contribution in [0.3, 0.4) is 0 Å². The molecule has 6 atom stereocenters. The van der Waals surface area contributed by atoms with Crippen LogP contribution in [0, 0.1) is 40.4 Å². The van der Waals surface area contributed by atoms with Crippen molar-refractivity contribution in [1.29, 1.82) is 5.26 Å². The second-order valence-corrected chi connectivity index (χ2v) is 8.69. The lowest BCUT2D eigenvalue weighted by molar-refractivity contribution is -0.0473. The van der Waals surface area contributed by atoms with Crippen LogP contribution in [0.5, 0.6) is 0 Å². The first-order valence-corrected chi connectivity index (χ1v) is 10.2. The highest BCUT2D eigenvalue weighted by Crippen LogP contribution is 2.56. The molecule has 3 aliphatic carbocycles. The average Bonchev–Trinajstić information content (AvgIpc) is 2.61. The van der Waals surface area contributed by atoms with Gasteiger partial charge in [-0.1, -0.05) is 26.2 Å². The van der Waals surface area contributed by atoms with Crippen LogP contribution in [0.25, 0.3) is 0 Å². The molecule has 0 amide bonds. The lowest BCUT2D eigenvalue weighted by Crippen LogP contribution is -2.44. The van der Waals surface area contributed by atoms with Gasteiger partial charge in [-0.05, 0) is 81.5 Å². The molecular formula is C21H35NO. The van der Waals surface area contributed by atoms with Gasteiger partial charge in [-0.25, -0.2) is 0 Å². The van der Waals surface area contributed by atoms with Gasteiger partial charge >= 0.3 is 0 Å². The molecule has 3 fully saturated rings. The Kier molecular flexibility index (Phi) is 5.68. The van der Waals surface area contributed by atoms with Crippen molar-refractivity contribution in [1.82, 2.24) is 0 Å². The van der Waals surface area contributed by atoms with E-state index in [-0.39, 0.29) is 5.41 Å². The summed E-state index contributed by atoms with van der Waals surface area (Å²) in [5.41, 5.74) is 0.0207. The summed E-state index contributed by atoms with van der Waals surface area (Å²) in [5, 5.41) is 9.86. The van der Waals surface area contributed by atoms with E-state index in [1.54, 1.807) is 0 Å². The molecule has 0 aliphatic heterocycles. The van der Waals surface area contributed by atoms with Gasteiger partial charge in [0.2, 0.25) is 0 Å². The lowest BCUT2D eigenvalue weighted by Gasteiger charge is -2.52. The topological polar surface area (TPSA) is 33.0 Å². The number of hydrogen-bond acceptors (Lipinski definition) is 2. The number of nitrogens with zero attached hydrogens (tertiary/aromatic N) is 1. The van der Waals surface area contributed by atoms with E-state index in [4.69, 9.17) is 4.74 Å². The molecule has 2 nitrogen and oxygen atoms in total. The fourth-order valence-electron chi connectivity index (χ4n) is 6.19. The van der Waals surface area contributed by atoms with Crippen molar-refractivity contribution in [3.8, 4) is 6.07 Å². The molecule has 0 aromatic rings. The Morgan fingerprint density at radius 3 is 2.57 bits per heavy atom. The van der Waals surface area contributed by atoms with Crippen molar-refractivity contribution in [3.63, 3.8) is 0 Å². The van der Waals surface area contributed by atoms with Gasteiger partial charge in [0.25, 0.3) is 0 Å². The summed E-state index contributed by atoms with van der Waals surface area (Å²) in [6.45, 7) is 2.26. The summed E-state index contributed by atoms with van der Waals surface area (Å²) in [6.07, 6.45) is 15.9. The maximum absolute atomic E-state index is 9.86. The Morgan fingerprint density at radius 2 is 1.83 bits per heavy atom. The first-order chi connectivity index (χ1) is 11.2. The monoisotopic (exact) mass is 317 g/mol. The molecule has 0 aromatic carbocycles. The normalized spacial score (nSPS) is 43.3. The highest BCUT2D eigenvalue weighted by Gasteiger charge is 2.48. The van der Waals surface area contributed by atoms with Gasteiger partial charge in [0, 0.05) is 7.11 Å². The molecule has 23 heavy (non-hydrogen) atoms. The smallest absolute Gasteiger partial charge is 0.0689 e. The number of methoxy groups -OCH3 is 1. The Bertz CT molecular complexity index is 428. The molecule has 0 radical (unpaired) electrons. The van der Waals surface area contributed by atoms with Crippen molar-refractivity contribution in [3.05, 3.63) is 0 Å². The third kappa shape index (κ3) is 3.60. The van der Waals surface area contributed by atoms with Crippen LogP contribution in [0.2, 0.25) is 0 Å². The Hall–Kier alpha value is -0.550. The number of unbranched alkanes of at least 4 members (excludes halogenated alkanes) is 2. The minimum atomic E-state index is 0.0207. The molecule has 2 heteroatoms. The molecule has 4 unspecified atom stereocenters. The number of rotatable bonds is 5. The van der Waals surface area contributed by atoms with Gasteiger partial charge in [0.05, 0.1) is 17.6 Å². The molecule has 0 bridgehead atoms. The average molecular weight is 318 g/mol. The fraction of sp³-hybridized carbons (Fsp3) is 0.952. The third-order valence-corrected chi connectivity index (χ3v) is 7.50. The number of ether oxygens (including phenoxy) is 1. The quantitative estimate of drug-likeness (QED) is 0.608. The number of hydrogen-bond donors (Lipinski definition) is 0. The summed E-state index contributed by atoms with van der Waals surface area (Å²) in [6, 6.07) is 2.78. The van der Waals surface area contributed by atoms with Crippen LogP contribution in [0.1, 0.15) is 84.0 Å².